The molecule has 1 heterocycles. The lowest BCUT2D eigenvalue weighted by Crippen LogP contribution is -2.52. The van der Waals surface area contributed by atoms with E-state index in [0.717, 1.165) is 4.90 Å². The maximum atomic E-state index is 13.1. The summed E-state index contributed by atoms with van der Waals surface area (Å²) in [6, 6.07) is 10.5. The van der Waals surface area contributed by atoms with E-state index in [1.54, 1.807) is 19.1 Å². The number of benzene rings is 1. The zero-order valence-corrected chi connectivity index (χ0v) is 16.2. The average Bonchev–Trinajstić information content (AvgIpc) is 2.87. The molecule has 0 aliphatic carbocycles. The SMILES string of the molecule is CCC[C@]1(c2ccccc2)NC(=O)N(CC(=O)N[C@@](C)(C#N)C(C)C)C1=O. The zero-order valence-electron chi connectivity index (χ0n) is 16.2. The van der Waals surface area contributed by atoms with Gasteiger partial charge in [0.2, 0.25) is 5.91 Å². The van der Waals surface area contributed by atoms with Crippen LogP contribution in [-0.2, 0) is 15.1 Å². The van der Waals surface area contributed by atoms with Crippen LogP contribution >= 0.6 is 0 Å². The molecule has 1 aromatic carbocycles. The number of hydrogen-bond acceptors (Lipinski definition) is 4. The van der Waals surface area contributed by atoms with E-state index in [9.17, 15) is 19.6 Å². The first-order valence-corrected chi connectivity index (χ1v) is 9.12. The Morgan fingerprint density at radius 2 is 1.96 bits per heavy atom. The molecule has 1 fully saturated rings. The van der Waals surface area contributed by atoms with Crippen LogP contribution in [0.15, 0.2) is 30.3 Å². The molecule has 1 saturated heterocycles. The fraction of sp³-hybridized carbons (Fsp3) is 0.500. The van der Waals surface area contributed by atoms with Crippen molar-refractivity contribution in [1.29, 1.82) is 5.26 Å². The summed E-state index contributed by atoms with van der Waals surface area (Å²) in [5.74, 6) is -1.12. The van der Waals surface area contributed by atoms with Crippen molar-refractivity contribution in [2.24, 2.45) is 5.92 Å². The second-order valence-electron chi connectivity index (χ2n) is 7.36. The van der Waals surface area contributed by atoms with Crippen LogP contribution in [0, 0.1) is 17.2 Å². The smallest absolute Gasteiger partial charge is 0.325 e. The zero-order chi connectivity index (χ0) is 20.2. The lowest BCUT2D eigenvalue weighted by Gasteiger charge is -2.29. The minimum atomic E-state index is -1.16. The molecule has 0 unspecified atom stereocenters. The standard InChI is InChI=1S/C20H26N4O3/c1-5-11-20(15-9-7-6-8-10-15)17(26)24(18(27)23-20)12-16(25)22-19(4,13-21)14(2)3/h6-10,14H,5,11-12H2,1-4H3,(H,22,25)(H,23,27)/t19-,20+/m0/s1. The fourth-order valence-electron chi connectivity index (χ4n) is 3.15. The second-order valence-corrected chi connectivity index (χ2v) is 7.36. The van der Waals surface area contributed by atoms with E-state index < -0.39 is 35.5 Å². The maximum absolute atomic E-state index is 13.1. The van der Waals surface area contributed by atoms with E-state index in [2.05, 4.69) is 16.7 Å². The van der Waals surface area contributed by atoms with Crippen molar-refractivity contribution < 1.29 is 14.4 Å². The number of nitriles is 1. The number of nitrogens with zero attached hydrogens (tertiary/aromatic N) is 2. The fourth-order valence-corrected chi connectivity index (χ4v) is 3.15. The number of nitrogens with one attached hydrogen (secondary N) is 2. The van der Waals surface area contributed by atoms with Crippen LogP contribution < -0.4 is 10.6 Å². The third-order valence-corrected chi connectivity index (χ3v) is 5.16. The average molecular weight is 370 g/mol. The third kappa shape index (κ3) is 3.80. The Kier molecular flexibility index (Phi) is 5.89. The Labute approximate surface area is 159 Å². The Balaban J connectivity index is 2.25. The van der Waals surface area contributed by atoms with Gasteiger partial charge < -0.3 is 10.6 Å². The van der Waals surface area contributed by atoms with Crippen molar-refractivity contribution in [3.05, 3.63) is 35.9 Å². The van der Waals surface area contributed by atoms with Crippen molar-refractivity contribution in [1.82, 2.24) is 15.5 Å². The third-order valence-electron chi connectivity index (χ3n) is 5.16. The van der Waals surface area contributed by atoms with Gasteiger partial charge in [0.25, 0.3) is 5.91 Å². The van der Waals surface area contributed by atoms with Gasteiger partial charge in [-0.15, -0.1) is 0 Å². The molecule has 1 aliphatic rings. The monoisotopic (exact) mass is 370 g/mol. The summed E-state index contributed by atoms with van der Waals surface area (Å²) in [7, 11) is 0. The van der Waals surface area contributed by atoms with Gasteiger partial charge in [0.05, 0.1) is 6.07 Å². The van der Waals surface area contributed by atoms with Crippen LogP contribution in [0.4, 0.5) is 4.79 Å². The molecule has 0 spiro atoms. The molecule has 27 heavy (non-hydrogen) atoms. The lowest BCUT2D eigenvalue weighted by atomic mass is 9.85. The maximum Gasteiger partial charge on any atom is 0.325 e. The van der Waals surface area contributed by atoms with E-state index in [1.807, 2.05) is 39.0 Å². The second kappa shape index (κ2) is 7.78. The molecule has 0 bridgehead atoms. The number of rotatable bonds is 7. The van der Waals surface area contributed by atoms with Crippen LogP contribution in [-0.4, -0.2) is 34.8 Å². The molecule has 0 saturated carbocycles. The van der Waals surface area contributed by atoms with Gasteiger partial charge in [-0.1, -0.05) is 57.5 Å². The van der Waals surface area contributed by atoms with Crippen LogP contribution in [0.2, 0.25) is 0 Å². The number of imide groups is 1. The molecule has 2 rings (SSSR count). The van der Waals surface area contributed by atoms with Gasteiger partial charge >= 0.3 is 6.03 Å². The van der Waals surface area contributed by atoms with Crippen LogP contribution in [0.1, 0.15) is 46.1 Å². The van der Waals surface area contributed by atoms with Gasteiger partial charge in [0.15, 0.2) is 0 Å². The van der Waals surface area contributed by atoms with Crippen LogP contribution in [0.5, 0.6) is 0 Å². The van der Waals surface area contributed by atoms with E-state index in [4.69, 9.17) is 0 Å². The summed E-state index contributed by atoms with van der Waals surface area (Å²) in [5.41, 5.74) is -1.54. The summed E-state index contributed by atoms with van der Waals surface area (Å²) in [6.07, 6.45) is 1.11. The van der Waals surface area contributed by atoms with Crippen molar-refractivity contribution in [3.63, 3.8) is 0 Å². The van der Waals surface area contributed by atoms with E-state index in [-0.39, 0.29) is 5.92 Å². The molecule has 0 radical (unpaired) electrons. The quantitative estimate of drug-likeness (QED) is 0.719. The number of urea groups is 1. The molecule has 7 heteroatoms. The summed E-state index contributed by atoms with van der Waals surface area (Å²) in [5, 5.41) is 14.8. The first-order chi connectivity index (χ1) is 12.7. The highest BCUT2D eigenvalue weighted by atomic mass is 16.2. The molecular weight excluding hydrogens is 344 g/mol. The normalized spacial score (nSPS) is 21.6. The van der Waals surface area contributed by atoms with Crippen molar-refractivity contribution >= 4 is 17.8 Å². The number of hydrogen-bond donors (Lipinski definition) is 2. The van der Waals surface area contributed by atoms with Gasteiger partial charge in [0, 0.05) is 0 Å². The van der Waals surface area contributed by atoms with Crippen molar-refractivity contribution in [2.45, 2.75) is 51.6 Å². The summed E-state index contributed by atoms with van der Waals surface area (Å²) in [4.78, 5) is 39.0. The molecule has 1 aliphatic heterocycles. The van der Waals surface area contributed by atoms with Gasteiger partial charge in [-0.2, -0.15) is 5.26 Å². The molecular formula is C20H26N4O3. The molecule has 2 atom stereocenters. The summed E-state index contributed by atoms with van der Waals surface area (Å²) in [6.45, 7) is 6.76. The van der Waals surface area contributed by atoms with Crippen molar-refractivity contribution in [2.75, 3.05) is 6.54 Å². The number of carbonyl (C=O) groups is 3. The Bertz CT molecular complexity index is 771. The first kappa shape index (κ1) is 20.4. The predicted molar refractivity (Wildman–Crippen MR) is 100 cm³/mol. The molecule has 7 nitrogen and oxygen atoms in total. The Morgan fingerprint density at radius 3 is 2.48 bits per heavy atom. The Morgan fingerprint density at radius 1 is 1.33 bits per heavy atom. The highest BCUT2D eigenvalue weighted by Crippen LogP contribution is 2.33. The minimum Gasteiger partial charge on any atom is -0.336 e. The van der Waals surface area contributed by atoms with Crippen LogP contribution in [0.25, 0.3) is 0 Å². The molecule has 0 aromatic heterocycles. The van der Waals surface area contributed by atoms with Crippen LogP contribution in [0.3, 0.4) is 0 Å². The largest absolute Gasteiger partial charge is 0.336 e. The Hall–Kier alpha value is -2.88. The highest BCUT2D eigenvalue weighted by molar-refractivity contribution is 6.09. The molecule has 4 amide bonds. The van der Waals surface area contributed by atoms with E-state index in [0.29, 0.717) is 18.4 Å². The van der Waals surface area contributed by atoms with Gasteiger partial charge in [-0.25, -0.2) is 4.79 Å². The minimum absolute atomic E-state index is 0.127. The summed E-state index contributed by atoms with van der Waals surface area (Å²) < 4.78 is 0. The number of amides is 4. The lowest BCUT2D eigenvalue weighted by molar-refractivity contribution is -0.136. The van der Waals surface area contributed by atoms with Gasteiger partial charge in [-0.3, -0.25) is 14.5 Å². The molecule has 2 N–H and O–H groups in total. The van der Waals surface area contributed by atoms with Crippen molar-refractivity contribution in [3.8, 4) is 6.07 Å². The van der Waals surface area contributed by atoms with E-state index >= 15 is 0 Å². The predicted octanol–water partition coefficient (Wildman–Crippen LogP) is 2.29. The number of carbonyl (C=O) groups excluding carboxylic acids is 3. The van der Waals surface area contributed by atoms with Gasteiger partial charge in [0.1, 0.15) is 17.6 Å². The first-order valence-electron chi connectivity index (χ1n) is 9.12. The highest BCUT2D eigenvalue weighted by Gasteiger charge is 2.52. The topological polar surface area (TPSA) is 102 Å². The molecule has 1 aromatic rings. The van der Waals surface area contributed by atoms with E-state index in [1.165, 1.54) is 0 Å². The summed E-state index contributed by atoms with van der Waals surface area (Å²) >= 11 is 0. The van der Waals surface area contributed by atoms with Gasteiger partial charge in [-0.05, 0) is 24.8 Å². The molecule has 144 valence electrons.